The second-order valence-corrected chi connectivity index (χ2v) is 8.95. The van der Waals surface area contributed by atoms with Crippen molar-refractivity contribution in [2.45, 2.75) is 45.8 Å². The number of carbonyl (C=O) groups is 2. The molecule has 0 aliphatic carbocycles. The highest BCUT2D eigenvalue weighted by Gasteiger charge is 2.30. The number of rotatable bonds is 4. The van der Waals surface area contributed by atoms with Gasteiger partial charge in [0.1, 0.15) is 11.4 Å². The number of nitrogens with zero attached hydrogens (tertiary/aromatic N) is 4. The molecule has 1 atom stereocenters. The number of hydrogen-bond acceptors (Lipinski definition) is 6. The Balaban J connectivity index is 1.43. The van der Waals surface area contributed by atoms with Crippen molar-refractivity contribution in [1.29, 1.82) is 0 Å². The molecule has 1 aliphatic heterocycles. The van der Waals surface area contributed by atoms with Gasteiger partial charge in [-0.25, -0.2) is 4.79 Å². The van der Waals surface area contributed by atoms with E-state index in [2.05, 4.69) is 20.8 Å². The predicted molar refractivity (Wildman–Crippen MR) is 122 cm³/mol. The first kappa shape index (κ1) is 21.6. The van der Waals surface area contributed by atoms with Crippen molar-refractivity contribution in [1.82, 2.24) is 19.5 Å². The predicted octanol–water partition coefficient (Wildman–Crippen LogP) is 3.71. The van der Waals surface area contributed by atoms with Crippen LogP contribution in [0.25, 0.3) is 5.65 Å². The van der Waals surface area contributed by atoms with Gasteiger partial charge in [-0.3, -0.25) is 9.20 Å². The fraction of sp³-hybridized carbons (Fsp3) is 0.391. The summed E-state index contributed by atoms with van der Waals surface area (Å²) in [6.07, 6.45) is 2.22. The lowest BCUT2D eigenvalue weighted by molar-refractivity contribution is 0.0293. The first-order valence-electron chi connectivity index (χ1n) is 10.7. The molecule has 2 aromatic heterocycles. The maximum atomic E-state index is 12.9. The molecule has 9 heteroatoms. The first-order chi connectivity index (χ1) is 15.2. The number of aryl methyl sites for hydroxylation is 1. The zero-order valence-corrected chi connectivity index (χ0v) is 18.8. The van der Waals surface area contributed by atoms with Gasteiger partial charge in [0.2, 0.25) is 0 Å². The van der Waals surface area contributed by atoms with Gasteiger partial charge in [-0.2, -0.15) is 0 Å². The number of hydrogen-bond donors (Lipinski definition) is 2. The van der Waals surface area contributed by atoms with E-state index in [1.54, 1.807) is 27.6 Å². The Labute approximate surface area is 186 Å². The molecule has 4 rings (SSSR count). The van der Waals surface area contributed by atoms with Crippen molar-refractivity contribution in [3.05, 3.63) is 54.0 Å². The number of ether oxygens (including phenoxy) is 1. The molecule has 0 unspecified atom stereocenters. The lowest BCUT2D eigenvalue weighted by Crippen LogP contribution is -2.36. The topological polar surface area (TPSA) is 101 Å². The van der Waals surface area contributed by atoms with Crippen LogP contribution in [0.4, 0.5) is 16.2 Å². The van der Waals surface area contributed by atoms with E-state index in [-0.39, 0.29) is 18.0 Å². The Morgan fingerprint density at radius 1 is 1.09 bits per heavy atom. The highest BCUT2D eigenvalue weighted by atomic mass is 16.6. The molecule has 0 saturated carbocycles. The number of nitrogens with one attached hydrogen (secondary N) is 2. The van der Waals surface area contributed by atoms with E-state index in [4.69, 9.17) is 4.74 Å². The summed E-state index contributed by atoms with van der Waals surface area (Å²) in [6, 6.07) is 11.1. The van der Waals surface area contributed by atoms with Crippen LogP contribution in [-0.2, 0) is 4.74 Å². The Morgan fingerprint density at radius 3 is 2.59 bits per heavy atom. The van der Waals surface area contributed by atoms with Gasteiger partial charge in [0, 0.05) is 25.3 Å². The number of para-hydroxylation sites is 2. The van der Waals surface area contributed by atoms with E-state index >= 15 is 0 Å². The summed E-state index contributed by atoms with van der Waals surface area (Å²) < 4.78 is 7.25. The third-order valence-corrected chi connectivity index (χ3v) is 5.21. The van der Waals surface area contributed by atoms with Gasteiger partial charge in [-0.1, -0.05) is 12.1 Å². The zero-order chi connectivity index (χ0) is 22.9. The molecule has 9 nitrogen and oxygen atoms in total. The van der Waals surface area contributed by atoms with Crippen molar-refractivity contribution < 1.29 is 14.3 Å². The molecule has 1 aliphatic rings. The summed E-state index contributed by atoms with van der Waals surface area (Å²) in [4.78, 5) is 26.9. The van der Waals surface area contributed by atoms with Gasteiger partial charge < -0.3 is 20.3 Å². The van der Waals surface area contributed by atoms with Gasteiger partial charge in [0.05, 0.1) is 16.9 Å². The van der Waals surface area contributed by atoms with Crippen LogP contribution >= 0.6 is 0 Å². The average molecular weight is 437 g/mol. The fourth-order valence-electron chi connectivity index (χ4n) is 3.64. The highest BCUT2D eigenvalue weighted by Crippen LogP contribution is 2.25. The van der Waals surface area contributed by atoms with Gasteiger partial charge in [0.25, 0.3) is 5.91 Å². The van der Waals surface area contributed by atoms with Crippen LogP contribution in [0.1, 0.15) is 43.4 Å². The van der Waals surface area contributed by atoms with Crippen LogP contribution in [-0.4, -0.2) is 56.2 Å². The minimum absolute atomic E-state index is 0.0663. The third kappa shape index (κ3) is 4.82. The van der Waals surface area contributed by atoms with Crippen molar-refractivity contribution in [2.75, 3.05) is 23.7 Å². The molecule has 2 N–H and O–H groups in total. The molecule has 3 heterocycles. The van der Waals surface area contributed by atoms with E-state index in [0.717, 1.165) is 12.1 Å². The van der Waals surface area contributed by atoms with E-state index in [0.29, 0.717) is 35.8 Å². The second-order valence-electron chi connectivity index (χ2n) is 8.95. The summed E-state index contributed by atoms with van der Waals surface area (Å²) >= 11 is 0. The molecular formula is C23H28N6O3. The maximum absolute atomic E-state index is 12.9. The van der Waals surface area contributed by atoms with Crippen LogP contribution in [0.5, 0.6) is 0 Å². The first-order valence-corrected chi connectivity index (χ1v) is 10.7. The van der Waals surface area contributed by atoms with Crippen LogP contribution in [0, 0.1) is 6.92 Å². The molecule has 32 heavy (non-hydrogen) atoms. The Bertz CT molecular complexity index is 1150. The number of fused-ring (bicyclic) bond motifs is 1. The summed E-state index contributed by atoms with van der Waals surface area (Å²) in [5.41, 5.74) is 2.16. The molecule has 0 bridgehead atoms. The average Bonchev–Trinajstić information content (AvgIpc) is 3.35. The molecule has 3 aromatic rings. The molecule has 2 amide bonds. The van der Waals surface area contributed by atoms with Crippen molar-refractivity contribution in [2.24, 2.45) is 0 Å². The second kappa shape index (κ2) is 8.49. The molecule has 0 spiro atoms. The molecule has 168 valence electrons. The van der Waals surface area contributed by atoms with E-state index in [1.165, 1.54) is 0 Å². The molecule has 0 radical (unpaired) electrons. The van der Waals surface area contributed by atoms with Crippen molar-refractivity contribution in [3.63, 3.8) is 0 Å². The van der Waals surface area contributed by atoms with Crippen LogP contribution < -0.4 is 10.6 Å². The van der Waals surface area contributed by atoms with Crippen molar-refractivity contribution in [3.8, 4) is 0 Å². The lowest BCUT2D eigenvalue weighted by atomic mass is 10.2. The maximum Gasteiger partial charge on any atom is 0.410 e. The third-order valence-electron chi connectivity index (χ3n) is 5.21. The number of aromatic nitrogens is 3. The minimum Gasteiger partial charge on any atom is -0.444 e. The summed E-state index contributed by atoms with van der Waals surface area (Å²) in [7, 11) is 0. The monoisotopic (exact) mass is 436 g/mol. The molecule has 1 aromatic carbocycles. The summed E-state index contributed by atoms with van der Waals surface area (Å²) in [5.74, 6) is 0.489. The Kier molecular flexibility index (Phi) is 5.73. The quantitative estimate of drug-likeness (QED) is 0.647. The zero-order valence-electron chi connectivity index (χ0n) is 18.8. The number of amides is 2. The van der Waals surface area contributed by atoms with Gasteiger partial charge >= 0.3 is 6.09 Å². The fourth-order valence-corrected chi connectivity index (χ4v) is 3.64. The smallest absolute Gasteiger partial charge is 0.410 e. The number of benzene rings is 1. The van der Waals surface area contributed by atoms with Crippen molar-refractivity contribution >= 4 is 29.0 Å². The largest absolute Gasteiger partial charge is 0.444 e. The van der Waals surface area contributed by atoms with E-state index in [9.17, 15) is 9.59 Å². The number of anilines is 2. The molecular weight excluding hydrogens is 408 g/mol. The number of pyridine rings is 1. The van der Waals surface area contributed by atoms with E-state index in [1.807, 2.05) is 52.0 Å². The SMILES string of the molecule is Cc1nnc2ccc(C(=O)Nc3ccccc3N[C@H]3CCN(C(=O)OC(C)(C)C)C3)cn12. The Morgan fingerprint density at radius 2 is 1.84 bits per heavy atom. The lowest BCUT2D eigenvalue weighted by Gasteiger charge is -2.24. The summed E-state index contributed by atoms with van der Waals surface area (Å²) in [5, 5.41) is 14.5. The van der Waals surface area contributed by atoms with Crippen LogP contribution in [0.2, 0.25) is 0 Å². The summed E-state index contributed by atoms with van der Waals surface area (Å²) in [6.45, 7) is 8.58. The minimum atomic E-state index is -0.520. The van der Waals surface area contributed by atoms with Gasteiger partial charge in [0.15, 0.2) is 5.65 Å². The normalized spacial score (nSPS) is 16.2. The number of likely N-dealkylation sites (tertiary alicyclic amines) is 1. The van der Waals surface area contributed by atoms with E-state index < -0.39 is 5.60 Å². The molecule has 1 saturated heterocycles. The molecule has 1 fully saturated rings. The highest BCUT2D eigenvalue weighted by molar-refractivity contribution is 6.05. The number of carbonyl (C=O) groups excluding carboxylic acids is 2. The van der Waals surface area contributed by atoms with Gasteiger partial charge in [-0.15, -0.1) is 10.2 Å². The van der Waals surface area contributed by atoms with Crippen LogP contribution in [0.3, 0.4) is 0 Å². The standard InChI is InChI=1S/C23H28N6O3/c1-15-26-27-20-10-9-16(13-29(15)20)21(30)25-19-8-6-5-7-18(19)24-17-11-12-28(14-17)22(31)32-23(2,3)4/h5-10,13,17,24H,11-12,14H2,1-4H3,(H,25,30)/t17-/m0/s1. The van der Waals surface area contributed by atoms with Crippen LogP contribution in [0.15, 0.2) is 42.6 Å². The Hall–Kier alpha value is -3.62. The van der Waals surface area contributed by atoms with Gasteiger partial charge in [-0.05, 0) is 58.4 Å².